The minimum atomic E-state index is -1.69. The summed E-state index contributed by atoms with van der Waals surface area (Å²) in [5.74, 6) is -6.42. The number of ether oxygens (including phenoxy) is 9. The molecule has 18 heteroatoms. The number of hydrogen-bond donors (Lipinski definition) is 0. The average molecular weight is 743 g/mol. The van der Waals surface area contributed by atoms with Gasteiger partial charge in [-0.1, -0.05) is 0 Å². The molecule has 1 saturated heterocycles. The molecule has 18 nitrogen and oxygen atoms in total. The SMILES string of the molecule is CC(=O)OC[C@H]1OC(Oc2cc(OC(C)=O)c3c(=O)cc(-c4ccc(OC(C)=O)c(OC(C)=O)c4)oc3c2)[C@H](OC(C)=O)[C@@H](OC(C)=O)[C@@H]1OC(C)=O. The maximum absolute atomic E-state index is 13.5. The molecule has 1 aliphatic heterocycles. The summed E-state index contributed by atoms with van der Waals surface area (Å²) >= 11 is 0. The Bertz CT molecular complexity index is 2010. The third-order valence-corrected chi connectivity index (χ3v) is 6.96. The highest BCUT2D eigenvalue weighted by Gasteiger charge is 2.53. The van der Waals surface area contributed by atoms with Gasteiger partial charge in [-0.05, 0) is 18.2 Å². The van der Waals surface area contributed by atoms with Crippen LogP contribution in [0.4, 0.5) is 0 Å². The predicted octanol–water partition coefficient (Wildman–Crippen LogP) is 2.70. The van der Waals surface area contributed by atoms with Crippen molar-refractivity contribution in [3.05, 3.63) is 46.6 Å². The van der Waals surface area contributed by atoms with Crippen LogP contribution in [0.2, 0.25) is 0 Å². The molecule has 0 spiro atoms. The molecule has 2 aromatic carbocycles. The molecular formula is C35H34O18. The second-order valence-electron chi connectivity index (χ2n) is 11.4. The second-order valence-corrected chi connectivity index (χ2v) is 11.4. The van der Waals surface area contributed by atoms with Crippen molar-refractivity contribution < 1.29 is 80.6 Å². The number of rotatable bonds is 11. The van der Waals surface area contributed by atoms with Crippen LogP contribution in [0.25, 0.3) is 22.3 Å². The van der Waals surface area contributed by atoms with Gasteiger partial charge < -0.3 is 47.0 Å². The minimum Gasteiger partial charge on any atom is -0.463 e. The highest BCUT2D eigenvalue weighted by Crippen LogP contribution is 2.38. The van der Waals surface area contributed by atoms with E-state index in [1.807, 2.05) is 0 Å². The van der Waals surface area contributed by atoms with Crippen molar-refractivity contribution in [1.82, 2.24) is 0 Å². The average Bonchev–Trinajstić information content (AvgIpc) is 3.02. The minimum absolute atomic E-state index is 0.0801. The lowest BCUT2D eigenvalue weighted by Crippen LogP contribution is -2.63. The van der Waals surface area contributed by atoms with E-state index in [0.717, 1.165) is 60.6 Å². The summed E-state index contributed by atoms with van der Waals surface area (Å²) in [6, 6.07) is 7.44. The van der Waals surface area contributed by atoms with Crippen LogP contribution in [-0.2, 0) is 57.2 Å². The molecule has 1 aliphatic rings. The molecule has 1 aromatic heterocycles. The lowest BCUT2D eigenvalue weighted by Gasteiger charge is -2.43. The first-order valence-electron chi connectivity index (χ1n) is 15.7. The Kier molecular flexibility index (Phi) is 12.5. The van der Waals surface area contributed by atoms with Crippen molar-refractivity contribution >= 4 is 52.8 Å². The molecule has 1 unspecified atom stereocenters. The van der Waals surface area contributed by atoms with Crippen molar-refractivity contribution in [2.24, 2.45) is 0 Å². The summed E-state index contributed by atoms with van der Waals surface area (Å²) < 4.78 is 55.0. The molecule has 1 fully saturated rings. The molecule has 0 radical (unpaired) electrons. The number of carbonyl (C=O) groups excluding carboxylic acids is 7. The van der Waals surface area contributed by atoms with Gasteiger partial charge in [-0.3, -0.25) is 38.4 Å². The van der Waals surface area contributed by atoms with E-state index in [0.29, 0.717) is 0 Å². The number of fused-ring (bicyclic) bond motifs is 1. The molecule has 4 rings (SSSR count). The van der Waals surface area contributed by atoms with Gasteiger partial charge in [0.05, 0.1) is 0 Å². The molecule has 2 heterocycles. The molecular weight excluding hydrogens is 708 g/mol. The highest BCUT2D eigenvalue weighted by molar-refractivity contribution is 5.89. The fourth-order valence-electron chi connectivity index (χ4n) is 5.23. The van der Waals surface area contributed by atoms with Crippen LogP contribution >= 0.6 is 0 Å². The summed E-state index contributed by atoms with van der Waals surface area (Å²) in [5, 5.41) is -0.199. The first-order chi connectivity index (χ1) is 24.9. The quantitative estimate of drug-likeness (QED) is 0.156. The van der Waals surface area contributed by atoms with E-state index in [1.165, 1.54) is 24.3 Å². The Hall–Kier alpha value is -6.30. The number of esters is 7. The zero-order chi connectivity index (χ0) is 39.1. The van der Waals surface area contributed by atoms with Crippen LogP contribution in [0, 0.1) is 0 Å². The number of benzene rings is 2. The Morgan fingerprint density at radius 1 is 0.604 bits per heavy atom. The van der Waals surface area contributed by atoms with Gasteiger partial charge in [0.1, 0.15) is 40.9 Å². The largest absolute Gasteiger partial charge is 0.463 e. The van der Waals surface area contributed by atoms with Crippen LogP contribution < -0.4 is 24.4 Å². The first-order valence-corrected chi connectivity index (χ1v) is 15.7. The van der Waals surface area contributed by atoms with Crippen LogP contribution in [0.15, 0.2) is 45.6 Å². The second kappa shape index (κ2) is 16.8. The van der Waals surface area contributed by atoms with E-state index in [9.17, 15) is 38.4 Å². The Labute approximate surface area is 300 Å². The van der Waals surface area contributed by atoms with E-state index >= 15 is 0 Å². The van der Waals surface area contributed by atoms with Gasteiger partial charge in [-0.25, -0.2) is 0 Å². The van der Waals surface area contributed by atoms with Gasteiger partial charge in [0, 0.05) is 72.2 Å². The van der Waals surface area contributed by atoms with E-state index in [1.54, 1.807) is 0 Å². The van der Waals surface area contributed by atoms with Crippen molar-refractivity contribution in [3.63, 3.8) is 0 Å². The Balaban J connectivity index is 1.87. The first kappa shape index (κ1) is 39.5. The third kappa shape index (κ3) is 10.4. The van der Waals surface area contributed by atoms with Gasteiger partial charge in [0.2, 0.25) is 12.4 Å². The van der Waals surface area contributed by atoms with E-state index in [4.69, 9.17) is 47.0 Å². The van der Waals surface area contributed by atoms with Crippen molar-refractivity contribution in [1.29, 1.82) is 0 Å². The number of hydrogen-bond acceptors (Lipinski definition) is 18. The summed E-state index contributed by atoms with van der Waals surface area (Å²) in [5.41, 5.74) is -0.699. The molecule has 5 atom stereocenters. The maximum Gasteiger partial charge on any atom is 0.308 e. The normalized spacial score (nSPS) is 19.3. The maximum atomic E-state index is 13.5. The predicted molar refractivity (Wildman–Crippen MR) is 174 cm³/mol. The third-order valence-electron chi connectivity index (χ3n) is 6.96. The lowest BCUT2D eigenvalue weighted by atomic mass is 9.98. The molecule has 282 valence electrons. The summed E-state index contributed by atoms with van der Waals surface area (Å²) in [4.78, 5) is 97.2. The van der Waals surface area contributed by atoms with Crippen LogP contribution in [-0.4, -0.2) is 79.1 Å². The summed E-state index contributed by atoms with van der Waals surface area (Å²) in [7, 11) is 0. The highest BCUT2D eigenvalue weighted by atomic mass is 16.7. The van der Waals surface area contributed by atoms with Crippen molar-refractivity contribution in [3.8, 4) is 34.3 Å². The van der Waals surface area contributed by atoms with Crippen LogP contribution in [0.5, 0.6) is 23.0 Å². The van der Waals surface area contributed by atoms with Crippen molar-refractivity contribution in [2.45, 2.75) is 79.2 Å². The van der Waals surface area contributed by atoms with E-state index < -0.39 is 84.5 Å². The molecule has 0 aliphatic carbocycles. The molecule has 0 amide bonds. The Morgan fingerprint density at radius 2 is 1.17 bits per heavy atom. The number of carbonyl (C=O) groups is 7. The van der Waals surface area contributed by atoms with Crippen molar-refractivity contribution in [2.75, 3.05) is 6.61 Å². The van der Waals surface area contributed by atoms with Gasteiger partial charge in [0.15, 0.2) is 29.1 Å². The van der Waals surface area contributed by atoms with E-state index in [2.05, 4.69) is 0 Å². The topological polar surface area (TPSA) is 233 Å². The van der Waals surface area contributed by atoms with Gasteiger partial charge in [-0.15, -0.1) is 0 Å². The summed E-state index contributed by atoms with van der Waals surface area (Å²) in [6.45, 7) is 7.10. The molecule has 0 bridgehead atoms. The van der Waals surface area contributed by atoms with Gasteiger partial charge in [0.25, 0.3) is 0 Å². The standard InChI is InChI=1S/C35H34O18/c1-15(36)44-14-30-32(48-19(5)40)33(49-20(6)41)34(50-21(7)42)35(53-30)51-23-11-28(47-18(4)39)31-24(43)13-26(52-29(31)12-23)22-8-9-25(45-16(2)37)27(10-22)46-17(3)38/h8-13,30,32-35H,14H2,1-7H3/t30-,32-,33+,34-,35?/m1/s1. The molecule has 53 heavy (non-hydrogen) atoms. The Morgan fingerprint density at radius 3 is 1.75 bits per heavy atom. The fraction of sp³-hybridized carbons (Fsp3) is 0.371. The zero-order valence-corrected chi connectivity index (χ0v) is 29.4. The molecule has 0 N–H and O–H groups in total. The summed E-state index contributed by atoms with van der Waals surface area (Å²) in [6.07, 6.45) is -7.66. The lowest BCUT2D eigenvalue weighted by molar-refractivity contribution is -0.288. The van der Waals surface area contributed by atoms with Gasteiger partial charge >= 0.3 is 41.8 Å². The smallest absolute Gasteiger partial charge is 0.308 e. The van der Waals surface area contributed by atoms with Crippen LogP contribution in [0.1, 0.15) is 48.5 Å². The monoisotopic (exact) mass is 742 g/mol. The van der Waals surface area contributed by atoms with E-state index in [-0.39, 0.29) is 45.3 Å². The molecule has 0 saturated carbocycles. The van der Waals surface area contributed by atoms with Gasteiger partial charge in [-0.2, -0.15) is 0 Å². The fourth-order valence-corrected chi connectivity index (χ4v) is 5.23. The van der Waals surface area contributed by atoms with Crippen LogP contribution in [0.3, 0.4) is 0 Å². The molecule has 3 aromatic rings. The zero-order valence-electron chi connectivity index (χ0n) is 29.4.